The Morgan fingerprint density at radius 1 is 1.05 bits per heavy atom. The van der Waals surface area contributed by atoms with Crippen LogP contribution in [0.25, 0.3) is 0 Å². The number of carboxylic acid groups (broad SMARTS) is 1. The van der Waals surface area contributed by atoms with Crippen molar-refractivity contribution in [1.82, 2.24) is 5.32 Å². The molecule has 0 atom stereocenters. The monoisotopic (exact) mass is 283 g/mol. The fourth-order valence-corrected chi connectivity index (χ4v) is 1.40. The maximum atomic E-state index is 10.6. The van der Waals surface area contributed by atoms with Gasteiger partial charge in [-0.15, -0.1) is 0 Å². The van der Waals surface area contributed by atoms with Crippen molar-refractivity contribution in [1.29, 1.82) is 0 Å². The topological polar surface area (TPSA) is 89.8 Å². The lowest BCUT2D eigenvalue weighted by Gasteiger charge is -2.18. The van der Waals surface area contributed by atoms with Gasteiger partial charge in [-0.05, 0) is 23.1 Å². The first-order valence-corrected chi connectivity index (χ1v) is 6.59. The smallest absolute Gasteiger partial charge is 0.335 e. The summed E-state index contributed by atoms with van der Waals surface area (Å²) in [7, 11) is 0. The highest BCUT2D eigenvalue weighted by Gasteiger charge is 2.13. The van der Waals surface area contributed by atoms with Crippen molar-refractivity contribution < 1.29 is 20.1 Å². The van der Waals surface area contributed by atoms with Crippen LogP contribution in [0.4, 0.5) is 0 Å². The summed E-state index contributed by atoms with van der Waals surface area (Å²) in [5, 5.41) is 27.8. The summed E-state index contributed by atoms with van der Waals surface area (Å²) < 4.78 is 0. The molecule has 4 N–H and O–H groups in total. The van der Waals surface area contributed by atoms with E-state index in [9.17, 15) is 4.79 Å². The molecule has 0 unspecified atom stereocenters. The van der Waals surface area contributed by atoms with Gasteiger partial charge in [0.15, 0.2) is 0 Å². The molecule has 1 rings (SSSR count). The molecule has 5 nitrogen and oxygen atoms in total. The minimum atomic E-state index is -0.875. The lowest BCUT2D eigenvalue weighted by molar-refractivity contribution is 0.0697. The second-order valence-corrected chi connectivity index (χ2v) is 5.33. The summed E-state index contributed by atoms with van der Waals surface area (Å²) in [6.07, 6.45) is 0. The van der Waals surface area contributed by atoms with Crippen LogP contribution in [0.3, 0.4) is 0 Å². The van der Waals surface area contributed by atoms with Crippen LogP contribution in [0.5, 0.6) is 0 Å². The Bertz CT molecular complexity index is 378. The number of hydrogen-bond acceptors (Lipinski definition) is 4. The van der Waals surface area contributed by atoms with Crippen LogP contribution >= 0.6 is 0 Å². The molecule has 0 aliphatic carbocycles. The fourth-order valence-electron chi connectivity index (χ4n) is 1.40. The molecule has 20 heavy (non-hydrogen) atoms. The molecular weight excluding hydrogens is 258 g/mol. The van der Waals surface area contributed by atoms with E-state index in [1.807, 2.05) is 12.1 Å². The number of hydrogen-bond donors (Lipinski definition) is 4. The molecule has 0 amide bonds. The predicted molar refractivity (Wildman–Crippen MR) is 79.1 cm³/mol. The van der Waals surface area contributed by atoms with E-state index in [4.69, 9.17) is 15.3 Å². The number of rotatable bonds is 5. The highest BCUT2D eigenvalue weighted by Crippen LogP contribution is 2.21. The highest BCUT2D eigenvalue weighted by atomic mass is 16.4. The van der Waals surface area contributed by atoms with Crippen molar-refractivity contribution in [2.24, 2.45) is 0 Å². The Labute approximate surface area is 120 Å². The minimum absolute atomic E-state index is 0.0804. The molecule has 0 heterocycles. The average Bonchev–Trinajstić information content (AvgIpc) is 2.39. The molecule has 5 heteroatoms. The molecule has 0 saturated heterocycles. The van der Waals surface area contributed by atoms with Crippen LogP contribution in [-0.2, 0) is 5.41 Å². The lowest BCUT2D eigenvalue weighted by Crippen LogP contribution is -2.21. The molecule has 0 aromatic heterocycles. The van der Waals surface area contributed by atoms with Crippen LogP contribution < -0.4 is 5.32 Å². The third kappa shape index (κ3) is 7.89. The van der Waals surface area contributed by atoms with Gasteiger partial charge in [-0.3, -0.25) is 0 Å². The van der Waals surface area contributed by atoms with E-state index in [1.54, 1.807) is 12.1 Å². The van der Waals surface area contributed by atoms with Gasteiger partial charge in [0, 0.05) is 13.1 Å². The molecule has 1 aromatic rings. The second kappa shape index (κ2) is 9.47. The molecular formula is C15H25NO4. The Kier molecular flexibility index (Phi) is 8.79. The average molecular weight is 283 g/mol. The summed E-state index contributed by atoms with van der Waals surface area (Å²) in [5.74, 6) is -0.875. The number of aliphatic hydroxyl groups excluding tert-OH is 2. The second-order valence-electron chi connectivity index (χ2n) is 5.33. The van der Waals surface area contributed by atoms with Crippen molar-refractivity contribution in [3.05, 3.63) is 35.4 Å². The van der Waals surface area contributed by atoms with E-state index in [2.05, 4.69) is 26.1 Å². The van der Waals surface area contributed by atoms with Crippen molar-refractivity contribution in [3.63, 3.8) is 0 Å². The van der Waals surface area contributed by atoms with Gasteiger partial charge in [0.25, 0.3) is 0 Å². The first-order chi connectivity index (χ1) is 9.32. The molecule has 0 aliphatic rings. The number of benzene rings is 1. The van der Waals surface area contributed by atoms with Crippen LogP contribution in [0, 0.1) is 0 Å². The van der Waals surface area contributed by atoms with Gasteiger partial charge in [-0.2, -0.15) is 0 Å². The van der Waals surface area contributed by atoms with Crippen molar-refractivity contribution in [2.75, 3.05) is 26.3 Å². The van der Waals surface area contributed by atoms with Crippen molar-refractivity contribution >= 4 is 5.97 Å². The number of aliphatic hydroxyl groups is 2. The molecule has 0 bridgehead atoms. The first-order valence-electron chi connectivity index (χ1n) is 6.59. The number of nitrogens with one attached hydrogen (secondary N) is 1. The van der Waals surface area contributed by atoms with E-state index in [1.165, 1.54) is 0 Å². The quantitative estimate of drug-likeness (QED) is 0.611. The molecule has 0 aliphatic heterocycles. The lowest BCUT2D eigenvalue weighted by atomic mass is 9.87. The molecule has 114 valence electrons. The van der Waals surface area contributed by atoms with Gasteiger partial charge in [-0.1, -0.05) is 32.9 Å². The van der Waals surface area contributed by atoms with Gasteiger partial charge in [-0.25, -0.2) is 4.79 Å². The van der Waals surface area contributed by atoms with Gasteiger partial charge in [0.2, 0.25) is 0 Å². The van der Waals surface area contributed by atoms with E-state index >= 15 is 0 Å². The van der Waals surface area contributed by atoms with Gasteiger partial charge in [0.1, 0.15) is 0 Å². The van der Waals surface area contributed by atoms with E-state index in [0.29, 0.717) is 18.7 Å². The van der Waals surface area contributed by atoms with E-state index in [-0.39, 0.29) is 18.6 Å². The van der Waals surface area contributed by atoms with Crippen LogP contribution in [0.15, 0.2) is 24.3 Å². The third-order valence-electron chi connectivity index (χ3n) is 2.58. The number of aromatic carboxylic acids is 1. The zero-order chi connectivity index (χ0) is 15.6. The zero-order valence-electron chi connectivity index (χ0n) is 12.4. The zero-order valence-corrected chi connectivity index (χ0v) is 12.4. The molecule has 1 aromatic carbocycles. The first kappa shape index (κ1) is 18.6. The Balaban J connectivity index is 0.000000441. The summed E-state index contributed by atoms with van der Waals surface area (Å²) >= 11 is 0. The van der Waals surface area contributed by atoms with Crippen molar-refractivity contribution in [3.8, 4) is 0 Å². The van der Waals surface area contributed by atoms with Gasteiger partial charge >= 0.3 is 5.97 Å². The number of carbonyl (C=O) groups is 1. The Morgan fingerprint density at radius 3 is 1.80 bits per heavy atom. The predicted octanol–water partition coefficient (Wildman–Crippen LogP) is 1.24. The molecule has 0 saturated carbocycles. The summed E-state index contributed by atoms with van der Waals surface area (Å²) in [6, 6.07) is 7.01. The number of carboxylic acids is 1. The van der Waals surface area contributed by atoms with Gasteiger partial charge < -0.3 is 20.6 Å². The maximum Gasteiger partial charge on any atom is 0.335 e. The van der Waals surface area contributed by atoms with Crippen LogP contribution in [0.1, 0.15) is 36.7 Å². The SMILES string of the molecule is CC(C)(C)c1ccc(C(=O)O)cc1.OCCNCCO. The summed E-state index contributed by atoms with van der Waals surface area (Å²) in [5.41, 5.74) is 1.57. The minimum Gasteiger partial charge on any atom is -0.478 e. The van der Waals surface area contributed by atoms with Crippen LogP contribution in [-0.4, -0.2) is 47.6 Å². The van der Waals surface area contributed by atoms with E-state index < -0.39 is 5.97 Å². The standard InChI is InChI=1S/C11H14O2.C4H11NO2/c1-11(2,3)9-6-4-8(5-7-9)10(12)13;6-3-1-5-2-4-7/h4-7H,1-3H3,(H,12,13);5-7H,1-4H2. The third-order valence-corrected chi connectivity index (χ3v) is 2.58. The normalized spacial score (nSPS) is 10.7. The Morgan fingerprint density at radius 2 is 1.50 bits per heavy atom. The highest BCUT2D eigenvalue weighted by molar-refractivity contribution is 5.87. The molecule has 0 radical (unpaired) electrons. The largest absolute Gasteiger partial charge is 0.478 e. The van der Waals surface area contributed by atoms with Gasteiger partial charge in [0.05, 0.1) is 18.8 Å². The molecule has 0 fully saturated rings. The van der Waals surface area contributed by atoms with E-state index in [0.717, 1.165) is 5.56 Å². The molecule has 0 spiro atoms. The summed E-state index contributed by atoms with van der Waals surface area (Å²) in [6.45, 7) is 7.72. The summed E-state index contributed by atoms with van der Waals surface area (Å²) in [4.78, 5) is 10.6. The van der Waals surface area contributed by atoms with Crippen LogP contribution in [0.2, 0.25) is 0 Å². The van der Waals surface area contributed by atoms with Crippen molar-refractivity contribution in [2.45, 2.75) is 26.2 Å². The Hall–Kier alpha value is -1.43. The fraction of sp³-hybridized carbons (Fsp3) is 0.533. The maximum absolute atomic E-state index is 10.6.